The standard InChI is InChI=1S/C28H37NO3.C16H17NO3.C12H22O/c1-31-28(30)25-18-29(19-25)17-20-7-8-24-16-27(14-11-23(24)15-20)32-26-12-9-22(10-13-26)21-5-3-2-4-6-21;1-20-16(19)14-9-17(10-14)8-11-2-3-13-7-15(18)5-4-12(13)6-11;13-12-8-6-11(7-9-12)10-4-2-1-3-5-10/h7-8,11,14-16,21-22,25-26H,2-6,9-10,12-13,17-19H2,1H3;2-7,14,18H,8-10H2,1H3;10-13H,1-9H2. The first kappa shape index (κ1) is 47.3. The van der Waals surface area contributed by atoms with Crippen LogP contribution in [0.25, 0.3) is 21.5 Å². The summed E-state index contributed by atoms with van der Waals surface area (Å²) in [4.78, 5) is 27.4. The third-order valence-electron chi connectivity index (χ3n) is 16.0. The Labute approximate surface area is 388 Å². The molecule has 0 atom stereocenters. The summed E-state index contributed by atoms with van der Waals surface area (Å²) in [7, 11) is 2.90. The number of ether oxygens (including phenoxy) is 3. The molecule has 9 nitrogen and oxygen atoms in total. The molecule has 2 saturated heterocycles. The number of likely N-dealkylation sites (tertiary alicyclic amines) is 2. The molecule has 65 heavy (non-hydrogen) atoms. The molecular formula is C56H76N2O7. The fraction of sp³-hybridized carbons (Fsp3) is 0.607. The molecule has 9 heteroatoms. The lowest BCUT2D eigenvalue weighted by Gasteiger charge is -2.37. The van der Waals surface area contributed by atoms with Crippen molar-refractivity contribution >= 4 is 33.5 Å². The van der Waals surface area contributed by atoms with Crippen LogP contribution < -0.4 is 4.74 Å². The maximum Gasteiger partial charge on any atom is 0.311 e. The first-order valence-electron chi connectivity index (χ1n) is 25.4. The number of nitrogens with zero attached hydrogens (tertiary/aromatic N) is 2. The number of aliphatic hydroxyl groups is 1. The van der Waals surface area contributed by atoms with Crippen LogP contribution in [0.15, 0.2) is 72.8 Å². The molecule has 4 aromatic carbocycles. The lowest BCUT2D eigenvalue weighted by molar-refractivity contribution is -0.152. The van der Waals surface area contributed by atoms with Crippen molar-refractivity contribution in [1.82, 2.24) is 9.80 Å². The lowest BCUT2D eigenvalue weighted by Crippen LogP contribution is -2.49. The van der Waals surface area contributed by atoms with Gasteiger partial charge in [-0.1, -0.05) is 101 Å². The van der Waals surface area contributed by atoms with Gasteiger partial charge in [0.25, 0.3) is 0 Å². The van der Waals surface area contributed by atoms with Gasteiger partial charge in [-0.2, -0.15) is 0 Å². The van der Waals surface area contributed by atoms with Gasteiger partial charge in [0.2, 0.25) is 0 Å². The van der Waals surface area contributed by atoms with Crippen molar-refractivity contribution in [3.63, 3.8) is 0 Å². The molecule has 0 amide bonds. The van der Waals surface area contributed by atoms with Gasteiger partial charge in [0.15, 0.2) is 0 Å². The van der Waals surface area contributed by atoms with Crippen LogP contribution >= 0.6 is 0 Å². The van der Waals surface area contributed by atoms with E-state index < -0.39 is 0 Å². The van der Waals surface area contributed by atoms with Gasteiger partial charge in [-0.3, -0.25) is 19.4 Å². The Kier molecular flexibility index (Phi) is 16.8. The van der Waals surface area contributed by atoms with Gasteiger partial charge >= 0.3 is 11.9 Å². The van der Waals surface area contributed by atoms with Crippen molar-refractivity contribution in [2.45, 2.75) is 141 Å². The number of aromatic hydroxyl groups is 1. The summed E-state index contributed by atoms with van der Waals surface area (Å²) in [5, 5.41) is 23.5. The molecule has 4 saturated carbocycles. The molecule has 352 valence electrons. The summed E-state index contributed by atoms with van der Waals surface area (Å²) in [6.07, 6.45) is 24.9. The van der Waals surface area contributed by atoms with Gasteiger partial charge in [-0.15, -0.1) is 0 Å². The molecule has 4 aliphatic carbocycles. The second-order valence-corrected chi connectivity index (χ2v) is 20.6. The molecule has 10 rings (SSSR count). The van der Waals surface area contributed by atoms with Crippen molar-refractivity contribution < 1.29 is 34.0 Å². The van der Waals surface area contributed by atoms with Crippen LogP contribution in [-0.2, 0) is 32.2 Å². The number of fused-ring (bicyclic) bond motifs is 2. The Bertz CT molecular complexity index is 2140. The maximum absolute atomic E-state index is 11.6. The lowest BCUT2D eigenvalue weighted by atomic mass is 9.73. The van der Waals surface area contributed by atoms with Crippen LogP contribution in [0.1, 0.15) is 127 Å². The van der Waals surface area contributed by atoms with Crippen molar-refractivity contribution in [3.05, 3.63) is 83.9 Å². The Hall–Kier alpha value is -4.18. The zero-order valence-corrected chi connectivity index (χ0v) is 39.3. The minimum absolute atomic E-state index is 0.0254. The predicted octanol–water partition coefficient (Wildman–Crippen LogP) is 11.2. The van der Waals surface area contributed by atoms with Crippen molar-refractivity contribution in [2.75, 3.05) is 40.4 Å². The third kappa shape index (κ3) is 13.0. The zero-order chi connectivity index (χ0) is 45.1. The van der Waals surface area contributed by atoms with Gasteiger partial charge in [-0.05, 0) is 144 Å². The second-order valence-electron chi connectivity index (χ2n) is 20.6. The van der Waals surface area contributed by atoms with Crippen LogP contribution in [0.3, 0.4) is 0 Å². The van der Waals surface area contributed by atoms with E-state index in [0.29, 0.717) is 6.10 Å². The summed E-state index contributed by atoms with van der Waals surface area (Å²) in [6.45, 7) is 4.83. The number of esters is 2. The van der Waals surface area contributed by atoms with Crippen molar-refractivity contribution in [1.29, 1.82) is 0 Å². The average molecular weight is 889 g/mol. The number of rotatable bonds is 10. The third-order valence-corrected chi connectivity index (χ3v) is 16.0. The highest BCUT2D eigenvalue weighted by atomic mass is 16.5. The average Bonchev–Trinajstić information content (AvgIpc) is 3.32. The van der Waals surface area contributed by atoms with Crippen LogP contribution in [-0.4, -0.2) is 84.6 Å². The van der Waals surface area contributed by atoms with E-state index in [1.807, 2.05) is 12.1 Å². The highest BCUT2D eigenvalue weighted by Gasteiger charge is 2.35. The van der Waals surface area contributed by atoms with E-state index in [9.17, 15) is 19.8 Å². The highest BCUT2D eigenvalue weighted by Crippen LogP contribution is 2.40. The van der Waals surface area contributed by atoms with Gasteiger partial charge in [0.05, 0.1) is 38.3 Å². The second kappa shape index (κ2) is 23.0. The van der Waals surface area contributed by atoms with Gasteiger partial charge in [-0.25, -0.2) is 0 Å². The molecule has 2 heterocycles. The molecule has 0 bridgehead atoms. The largest absolute Gasteiger partial charge is 0.508 e. The number of carbonyl (C=O) groups excluding carboxylic acids is 2. The number of phenols is 1. The molecule has 2 N–H and O–H groups in total. The fourth-order valence-electron chi connectivity index (χ4n) is 12.0. The van der Waals surface area contributed by atoms with Crippen molar-refractivity contribution in [2.24, 2.45) is 35.5 Å². The van der Waals surface area contributed by atoms with Crippen molar-refractivity contribution in [3.8, 4) is 11.5 Å². The normalized spacial score (nSPS) is 25.0. The number of hydrogen-bond acceptors (Lipinski definition) is 9. The van der Waals surface area contributed by atoms with Crippen LogP contribution in [0.5, 0.6) is 11.5 Å². The van der Waals surface area contributed by atoms with E-state index in [4.69, 9.17) is 14.2 Å². The zero-order valence-electron chi connectivity index (χ0n) is 39.3. The van der Waals surface area contributed by atoms with Crippen LogP contribution in [0, 0.1) is 35.5 Å². The smallest absolute Gasteiger partial charge is 0.311 e. The van der Waals surface area contributed by atoms with E-state index in [1.54, 1.807) is 12.1 Å². The minimum Gasteiger partial charge on any atom is -0.508 e. The monoisotopic (exact) mass is 889 g/mol. The summed E-state index contributed by atoms with van der Waals surface area (Å²) in [6, 6.07) is 24.8. The first-order chi connectivity index (χ1) is 31.7. The molecule has 0 aromatic heterocycles. The summed E-state index contributed by atoms with van der Waals surface area (Å²) in [5.41, 5.74) is 2.50. The van der Waals surface area contributed by atoms with Gasteiger partial charge in [0.1, 0.15) is 11.5 Å². The fourth-order valence-corrected chi connectivity index (χ4v) is 12.0. The van der Waals surface area contributed by atoms with E-state index >= 15 is 0 Å². The molecule has 4 aromatic rings. The number of phenolic OH excluding ortho intramolecular Hbond substituents is 1. The first-order valence-corrected chi connectivity index (χ1v) is 25.4. The van der Waals surface area contributed by atoms with E-state index in [0.717, 1.165) is 92.3 Å². The van der Waals surface area contributed by atoms with E-state index in [2.05, 4.69) is 58.3 Å². The number of benzene rings is 4. The Morgan fingerprint density at radius 3 is 1.42 bits per heavy atom. The Morgan fingerprint density at radius 1 is 0.508 bits per heavy atom. The predicted molar refractivity (Wildman–Crippen MR) is 259 cm³/mol. The van der Waals surface area contributed by atoms with Gasteiger partial charge in [0, 0.05) is 39.3 Å². The van der Waals surface area contributed by atoms with Crippen LogP contribution in [0.4, 0.5) is 0 Å². The molecule has 2 aliphatic heterocycles. The van der Waals surface area contributed by atoms with E-state index in [1.165, 1.54) is 139 Å². The Balaban J connectivity index is 0.000000148. The summed E-state index contributed by atoms with van der Waals surface area (Å²) >= 11 is 0. The maximum atomic E-state index is 11.6. The Morgan fingerprint density at radius 2 is 0.923 bits per heavy atom. The molecule has 6 fully saturated rings. The molecule has 6 aliphatic rings. The highest BCUT2D eigenvalue weighted by molar-refractivity contribution is 5.85. The quantitative estimate of drug-likeness (QED) is 0.150. The number of carbonyl (C=O) groups is 2. The van der Waals surface area contributed by atoms with Crippen LogP contribution in [0.2, 0.25) is 0 Å². The summed E-state index contributed by atoms with van der Waals surface area (Å²) in [5.74, 6) is 5.07. The van der Waals surface area contributed by atoms with Gasteiger partial charge < -0.3 is 24.4 Å². The molecule has 0 unspecified atom stereocenters. The minimum atomic E-state index is -0.116. The molecule has 0 radical (unpaired) electrons. The SMILES string of the molecule is COC(=O)C1CN(Cc2ccc3cc(O)ccc3c2)C1.COC(=O)C1CN(Cc2ccc3cc(OC4CCC(C5CCCCC5)CC4)ccc3c2)C1.OC1CCC(C2CCCCC2)CC1. The molecule has 0 spiro atoms. The topological polar surface area (TPSA) is 109 Å². The number of hydrogen-bond donors (Lipinski definition) is 2. The number of methoxy groups -OCH3 is 2. The number of aliphatic hydroxyl groups excluding tert-OH is 1. The molecular weight excluding hydrogens is 813 g/mol. The van der Waals surface area contributed by atoms with E-state index in [-0.39, 0.29) is 35.6 Å². The summed E-state index contributed by atoms with van der Waals surface area (Å²) < 4.78 is 16.0.